The summed E-state index contributed by atoms with van der Waals surface area (Å²) in [5, 5.41) is 8.14. The Bertz CT molecular complexity index is 703. The van der Waals surface area contributed by atoms with Gasteiger partial charge in [0.15, 0.2) is 0 Å². The van der Waals surface area contributed by atoms with Crippen molar-refractivity contribution in [2.75, 3.05) is 0 Å². The molecule has 3 rings (SSSR count). The quantitative estimate of drug-likeness (QED) is 0.791. The van der Waals surface area contributed by atoms with Gasteiger partial charge >= 0.3 is 0 Å². The summed E-state index contributed by atoms with van der Waals surface area (Å²) >= 11 is 0. The normalized spacial score (nSPS) is 12.3. The molecule has 0 aliphatic carbocycles. The van der Waals surface area contributed by atoms with Gasteiger partial charge in [-0.3, -0.25) is 0 Å². The first-order valence-electron chi connectivity index (χ1n) is 6.54. The Morgan fingerprint density at radius 2 is 1.85 bits per heavy atom. The van der Waals surface area contributed by atoms with Crippen molar-refractivity contribution >= 4 is 0 Å². The van der Waals surface area contributed by atoms with E-state index in [0.29, 0.717) is 0 Å². The SMILES string of the molecule is Cc1cccc(C(N)c2cnnn2-c2ccccc2)c1. The molecule has 4 heteroatoms. The summed E-state index contributed by atoms with van der Waals surface area (Å²) in [4.78, 5) is 0. The van der Waals surface area contributed by atoms with Crippen molar-refractivity contribution in [1.82, 2.24) is 15.0 Å². The molecule has 0 amide bonds. The fourth-order valence-corrected chi connectivity index (χ4v) is 2.26. The van der Waals surface area contributed by atoms with Crippen LogP contribution >= 0.6 is 0 Å². The van der Waals surface area contributed by atoms with Crippen LogP contribution in [0.5, 0.6) is 0 Å². The number of nitrogens with zero attached hydrogens (tertiary/aromatic N) is 3. The van der Waals surface area contributed by atoms with Gasteiger partial charge in [0.1, 0.15) is 0 Å². The predicted molar refractivity (Wildman–Crippen MR) is 78.6 cm³/mol. The van der Waals surface area contributed by atoms with Crippen molar-refractivity contribution in [3.63, 3.8) is 0 Å². The highest BCUT2D eigenvalue weighted by Gasteiger charge is 2.16. The summed E-state index contributed by atoms with van der Waals surface area (Å²) in [6.07, 6.45) is 1.72. The second-order valence-corrected chi connectivity index (χ2v) is 4.80. The highest BCUT2D eigenvalue weighted by molar-refractivity contribution is 5.36. The molecule has 0 bridgehead atoms. The molecule has 0 spiro atoms. The van der Waals surface area contributed by atoms with Crippen molar-refractivity contribution in [3.05, 3.63) is 77.6 Å². The van der Waals surface area contributed by atoms with E-state index in [1.54, 1.807) is 10.9 Å². The number of rotatable bonds is 3. The largest absolute Gasteiger partial charge is 0.319 e. The standard InChI is InChI=1S/C16H16N4/c1-12-6-5-7-13(10-12)16(17)15-11-18-19-20(15)14-8-3-2-4-9-14/h2-11,16H,17H2,1H3. The minimum Gasteiger partial charge on any atom is -0.319 e. The van der Waals surface area contributed by atoms with E-state index in [9.17, 15) is 0 Å². The van der Waals surface area contributed by atoms with Crippen LogP contribution in [-0.2, 0) is 0 Å². The summed E-state index contributed by atoms with van der Waals surface area (Å²) < 4.78 is 1.78. The molecule has 1 unspecified atom stereocenters. The molecule has 0 aliphatic heterocycles. The Morgan fingerprint density at radius 1 is 1.05 bits per heavy atom. The molecule has 1 aromatic heterocycles. The molecular formula is C16H16N4. The summed E-state index contributed by atoms with van der Waals surface area (Å²) in [6.45, 7) is 2.06. The highest BCUT2D eigenvalue weighted by atomic mass is 15.4. The van der Waals surface area contributed by atoms with E-state index in [-0.39, 0.29) is 6.04 Å². The van der Waals surface area contributed by atoms with Gasteiger partial charge in [-0.1, -0.05) is 53.2 Å². The fourth-order valence-electron chi connectivity index (χ4n) is 2.26. The van der Waals surface area contributed by atoms with Crippen molar-refractivity contribution in [2.24, 2.45) is 5.73 Å². The van der Waals surface area contributed by atoms with Crippen molar-refractivity contribution in [3.8, 4) is 5.69 Å². The molecule has 20 heavy (non-hydrogen) atoms. The topological polar surface area (TPSA) is 56.7 Å². The minimum absolute atomic E-state index is 0.245. The monoisotopic (exact) mass is 264 g/mol. The first-order chi connectivity index (χ1) is 9.75. The van der Waals surface area contributed by atoms with Gasteiger partial charge in [-0.2, -0.15) is 0 Å². The third-order valence-electron chi connectivity index (χ3n) is 3.30. The Kier molecular flexibility index (Phi) is 3.31. The van der Waals surface area contributed by atoms with E-state index >= 15 is 0 Å². The fraction of sp³-hybridized carbons (Fsp3) is 0.125. The summed E-state index contributed by atoms with van der Waals surface area (Å²) in [5.41, 5.74) is 10.5. The zero-order valence-corrected chi connectivity index (χ0v) is 11.3. The Labute approximate surface area is 117 Å². The molecule has 0 radical (unpaired) electrons. The maximum absolute atomic E-state index is 6.37. The average Bonchev–Trinajstić information content (AvgIpc) is 2.97. The van der Waals surface area contributed by atoms with E-state index in [0.717, 1.165) is 16.9 Å². The number of nitrogens with two attached hydrogens (primary N) is 1. The second-order valence-electron chi connectivity index (χ2n) is 4.80. The van der Waals surface area contributed by atoms with Crippen LogP contribution in [0.2, 0.25) is 0 Å². The van der Waals surface area contributed by atoms with Crippen LogP contribution in [0.3, 0.4) is 0 Å². The molecule has 0 saturated carbocycles. The van der Waals surface area contributed by atoms with Gasteiger partial charge in [0, 0.05) is 0 Å². The Balaban J connectivity index is 2.02. The third kappa shape index (κ3) is 2.33. The summed E-state index contributed by atoms with van der Waals surface area (Å²) in [6, 6.07) is 17.8. The van der Waals surface area contributed by atoms with Gasteiger partial charge < -0.3 is 5.73 Å². The minimum atomic E-state index is -0.245. The number of para-hydroxylation sites is 1. The van der Waals surface area contributed by atoms with Crippen LogP contribution in [0.4, 0.5) is 0 Å². The molecule has 3 aromatic rings. The molecule has 0 fully saturated rings. The van der Waals surface area contributed by atoms with Crippen molar-refractivity contribution in [2.45, 2.75) is 13.0 Å². The van der Waals surface area contributed by atoms with Crippen molar-refractivity contribution in [1.29, 1.82) is 0 Å². The van der Waals surface area contributed by atoms with E-state index in [4.69, 9.17) is 5.73 Å². The number of benzene rings is 2. The Hall–Kier alpha value is -2.46. The number of aromatic nitrogens is 3. The first-order valence-corrected chi connectivity index (χ1v) is 6.54. The molecule has 1 heterocycles. The summed E-state index contributed by atoms with van der Waals surface area (Å²) in [5.74, 6) is 0. The lowest BCUT2D eigenvalue weighted by Gasteiger charge is -2.14. The zero-order valence-electron chi connectivity index (χ0n) is 11.3. The smallest absolute Gasteiger partial charge is 0.0858 e. The maximum atomic E-state index is 6.37. The predicted octanol–water partition coefficient (Wildman–Crippen LogP) is 2.62. The van der Waals surface area contributed by atoms with Crippen LogP contribution in [0, 0.1) is 6.92 Å². The van der Waals surface area contributed by atoms with E-state index in [1.165, 1.54) is 5.56 Å². The molecule has 0 saturated heterocycles. The zero-order chi connectivity index (χ0) is 13.9. The van der Waals surface area contributed by atoms with Crippen LogP contribution in [-0.4, -0.2) is 15.0 Å². The number of hydrogen-bond acceptors (Lipinski definition) is 3. The van der Waals surface area contributed by atoms with Crippen molar-refractivity contribution < 1.29 is 0 Å². The molecule has 1 atom stereocenters. The van der Waals surface area contributed by atoms with Gasteiger partial charge in [0.2, 0.25) is 0 Å². The number of aryl methyl sites for hydroxylation is 1. The number of hydrogen-bond donors (Lipinski definition) is 1. The second kappa shape index (κ2) is 5.27. The van der Waals surface area contributed by atoms with Gasteiger partial charge in [0.05, 0.1) is 23.6 Å². The highest BCUT2D eigenvalue weighted by Crippen LogP contribution is 2.21. The molecule has 2 N–H and O–H groups in total. The molecular weight excluding hydrogens is 248 g/mol. The summed E-state index contributed by atoms with van der Waals surface area (Å²) in [7, 11) is 0. The van der Waals surface area contributed by atoms with Gasteiger partial charge in [-0.15, -0.1) is 5.10 Å². The van der Waals surface area contributed by atoms with Gasteiger partial charge in [0.25, 0.3) is 0 Å². The van der Waals surface area contributed by atoms with Crippen LogP contribution in [0.1, 0.15) is 22.9 Å². The molecule has 4 nitrogen and oxygen atoms in total. The molecule has 2 aromatic carbocycles. The lowest BCUT2D eigenvalue weighted by atomic mass is 10.0. The maximum Gasteiger partial charge on any atom is 0.0858 e. The van der Waals surface area contributed by atoms with E-state index in [2.05, 4.69) is 29.4 Å². The van der Waals surface area contributed by atoms with Gasteiger partial charge in [-0.05, 0) is 24.6 Å². The Morgan fingerprint density at radius 3 is 2.60 bits per heavy atom. The van der Waals surface area contributed by atoms with Crippen LogP contribution in [0.25, 0.3) is 5.69 Å². The first kappa shape index (κ1) is 12.6. The average molecular weight is 264 g/mol. The molecule has 100 valence electrons. The lowest BCUT2D eigenvalue weighted by molar-refractivity contribution is 0.719. The third-order valence-corrected chi connectivity index (χ3v) is 3.30. The lowest BCUT2D eigenvalue weighted by Crippen LogP contribution is -2.16. The van der Waals surface area contributed by atoms with E-state index in [1.807, 2.05) is 42.5 Å². The van der Waals surface area contributed by atoms with Crippen LogP contribution in [0.15, 0.2) is 60.8 Å². The molecule has 0 aliphatic rings. The van der Waals surface area contributed by atoms with Gasteiger partial charge in [-0.25, -0.2) is 4.68 Å². The van der Waals surface area contributed by atoms with Crippen LogP contribution < -0.4 is 5.73 Å². The van der Waals surface area contributed by atoms with E-state index < -0.39 is 0 Å².